The Kier molecular flexibility index (Phi) is 6.11. The van der Waals surface area contributed by atoms with Crippen LogP contribution in [0.25, 0.3) is 22.1 Å². The molecule has 0 radical (unpaired) electrons. The van der Waals surface area contributed by atoms with Gasteiger partial charge in [0.05, 0.1) is 12.7 Å². The van der Waals surface area contributed by atoms with Gasteiger partial charge in [-0.05, 0) is 54.8 Å². The molecule has 166 valence electrons. The lowest BCUT2D eigenvalue weighted by Crippen LogP contribution is -2.43. The molecule has 8 heteroatoms. The fourth-order valence-corrected chi connectivity index (χ4v) is 3.81. The molecule has 8 nitrogen and oxygen atoms in total. The van der Waals surface area contributed by atoms with Crippen LogP contribution in [0.2, 0.25) is 0 Å². The zero-order valence-corrected chi connectivity index (χ0v) is 17.7. The second kappa shape index (κ2) is 9.13. The van der Waals surface area contributed by atoms with E-state index in [0.29, 0.717) is 54.1 Å². The van der Waals surface area contributed by atoms with Crippen molar-refractivity contribution in [3.63, 3.8) is 0 Å². The van der Waals surface area contributed by atoms with Crippen molar-refractivity contribution in [1.82, 2.24) is 4.90 Å². The van der Waals surface area contributed by atoms with Crippen molar-refractivity contribution in [3.05, 3.63) is 59.0 Å². The molecule has 32 heavy (non-hydrogen) atoms. The summed E-state index contributed by atoms with van der Waals surface area (Å²) in [5.41, 5.74) is 6.47. The summed E-state index contributed by atoms with van der Waals surface area (Å²) >= 11 is 0. The summed E-state index contributed by atoms with van der Waals surface area (Å²) in [4.78, 5) is 37.7. The van der Waals surface area contributed by atoms with E-state index in [1.807, 2.05) is 0 Å². The minimum atomic E-state index is -0.439. The number of ether oxygens (including phenoxy) is 2. The zero-order chi connectivity index (χ0) is 22.7. The molecule has 2 heterocycles. The first kappa shape index (κ1) is 21.4. The standard InChI is InChI=1S/C24H24N2O6/c1-30-19-6-7-21-17(12-19)13-20(24(29)32-21)15-2-4-18(5-3-15)31-14-22(27)26-10-8-16(9-11-26)23(25)28/h2-7,12-13,16H,8-11,14H2,1H3,(H2,25,28). The molecule has 0 unspecified atom stereocenters. The van der Waals surface area contributed by atoms with Gasteiger partial charge in [-0.25, -0.2) is 4.79 Å². The quantitative estimate of drug-likeness (QED) is 0.595. The van der Waals surface area contributed by atoms with Gasteiger partial charge in [0.1, 0.15) is 17.1 Å². The van der Waals surface area contributed by atoms with E-state index >= 15 is 0 Å². The third-order valence-corrected chi connectivity index (χ3v) is 5.72. The lowest BCUT2D eigenvalue weighted by molar-refractivity contribution is -0.136. The molecule has 2 N–H and O–H groups in total. The van der Waals surface area contributed by atoms with Gasteiger partial charge in [0.2, 0.25) is 5.91 Å². The molecule has 1 aromatic heterocycles. The first-order valence-electron chi connectivity index (χ1n) is 10.4. The van der Waals surface area contributed by atoms with Crippen LogP contribution in [0.1, 0.15) is 12.8 Å². The fraction of sp³-hybridized carbons (Fsp3) is 0.292. The van der Waals surface area contributed by atoms with Crippen LogP contribution in [-0.2, 0) is 9.59 Å². The third-order valence-electron chi connectivity index (χ3n) is 5.72. The number of likely N-dealkylation sites (tertiary alicyclic amines) is 1. The SMILES string of the molecule is COc1ccc2oc(=O)c(-c3ccc(OCC(=O)N4CCC(C(N)=O)CC4)cc3)cc2c1. The van der Waals surface area contributed by atoms with E-state index in [4.69, 9.17) is 19.6 Å². The first-order chi connectivity index (χ1) is 15.4. The second-order valence-corrected chi connectivity index (χ2v) is 7.72. The van der Waals surface area contributed by atoms with Crippen LogP contribution in [0.4, 0.5) is 0 Å². The minimum Gasteiger partial charge on any atom is -0.497 e. The van der Waals surface area contributed by atoms with Crippen molar-refractivity contribution < 1.29 is 23.5 Å². The molecule has 2 amide bonds. The Morgan fingerprint density at radius 2 is 1.75 bits per heavy atom. The van der Waals surface area contributed by atoms with Gasteiger partial charge in [0.25, 0.3) is 5.91 Å². The highest BCUT2D eigenvalue weighted by molar-refractivity contribution is 5.83. The molecule has 0 atom stereocenters. The van der Waals surface area contributed by atoms with Crippen molar-refractivity contribution in [1.29, 1.82) is 0 Å². The summed E-state index contributed by atoms with van der Waals surface area (Å²) in [6.07, 6.45) is 1.16. The lowest BCUT2D eigenvalue weighted by Gasteiger charge is -2.30. The van der Waals surface area contributed by atoms with Crippen LogP contribution in [0.5, 0.6) is 11.5 Å². The van der Waals surface area contributed by atoms with Gasteiger partial charge in [-0.3, -0.25) is 9.59 Å². The van der Waals surface area contributed by atoms with Gasteiger partial charge in [-0.15, -0.1) is 0 Å². The molecule has 1 fully saturated rings. The zero-order valence-electron chi connectivity index (χ0n) is 17.7. The molecule has 0 spiro atoms. The van der Waals surface area contributed by atoms with Gasteiger partial charge in [-0.2, -0.15) is 0 Å². The number of nitrogens with zero attached hydrogens (tertiary/aromatic N) is 1. The highest BCUT2D eigenvalue weighted by Crippen LogP contribution is 2.26. The number of benzene rings is 2. The van der Waals surface area contributed by atoms with Gasteiger partial charge in [-0.1, -0.05) is 12.1 Å². The number of carbonyl (C=O) groups excluding carboxylic acids is 2. The average molecular weight is 436 g/mol. The van der Waals surface area contributed by atoms with Crippen molar-refractivity contribution in [3.8, 4) is 22.6 Å². The maximum atomic E-state index is 12.4. The van der Waals surface area contributed by atoms with Crippen molar-refractivity contribution in [2.75, 3.05) is 26.8 Å². The predicted octanol–water partition coefficient (Wildman–Crippen LogP) is 2.57. The number of rotatable bonds is 6. The molecule has 0 aliphatic carbocycles. The van der Waals surface area contributed by atoms with Crippen molar-refractivity contribution >= 4 is 22.8 Å². The maximum Gasteiger partial charge on any atom is 0.344 e. The maximum absolute atomic E-state index is 12.4. The van der Waals surface area contributed by atoms with Crippen LogP contribution in [-0.4, -0.2) is 43.5 Å². The number of hydrogen-bond acceptors (Lipinski definition) is 6. The highest BCUT2D eigenvalue weighted by Gasteiger charge is 2.26. The molecule has 0 bridgehead atoms. The topological polar surface area (TPSA) is 112 Å². The van der Waals surface area contributed by atoms with E-state index in [1.54, 1.807) is 60.5 Å². The Morgan fingerprint density at radius 3 is 2.41 bits per heavy atom. The van der Waals surface area contributed by atoms with Gasteiger partial charge in [0, 0.05) is 24.4 Å². The Morgan fingerprint density at radius 1 is 1.06 bits per heavy atom. The number of carbonyl (C=O) groups is 2. The molecular weight excluding hydrogens is 412 g/mol. The average Bonchev–Trinajstić information content (AvgIpc) is 2.82. The number of primary amides is 1. The van der Waals surface area contributed by atoms with E-state index in [0.717, 1.165) is 5.39 Å². The van der Waals surface area contributed by atoms with E-state index in [2.05, 4.69) is 0 Å². The Labute approximate surface area is 184 Å². The number of nitrogens with two attached hydrogens (primary N) is 1. The van der Waals surface area contributed by atoms with Gasteiger partial charge >= 0.3 is 5.63 Å². The molecule has 1 aliphatic heterocycles. The molecule has 2 aromatic carbocycles. The van der Waals surface area contributed by atoms with Crippen molar-refractivity contribution in [2.45, 2.75) is 12.8 Å². The predicted molar refractivity (Wildman–Crippen MR) is 118 cm³/mol. The van der Waals surface area contributed by atoms with Gasteiger partial charge in [0.15, 0.2) is 6.61 Å². The Balaban J connectivity index is 1.41. The number of methoxy groups -OCH3 is 1. The Bertz CT molecular complexity index is 1190. The van der Waals surface area contributed by atoms with Crippen LogP contribution in [0.15, 0.2) is 57.7 Å². The van der Waals surface area contributed by atoms with Crippen LogP contribution >= 0.6 is 0 Å². The largest absolute Gasteiger partial charge is 0.497 e. The smallest absolute Gasteiger partial charge is 0.344 e. The van der Waals surface area contributed by atoms with E-state index in [-0.39, 0.29) is 24.3 Å². The number of hydrogen-bond donors (Lipinski definition) is 1. The summed E-state index contributed by atoms with van der Waals surface area (Å²) in [5.74, 6) is 0.570. The molecule has 1 saturated heterocycles. The fourth-order valence-electron chi connectivity index (χ4n) is 3.81. The molecule has 3 aromatic rings. The minimum absolute atomic E-state index is 0.0987. The van der Waals surface area contributed by atoms with Crippen LogP contribution in [0.3, 0.4) is 0 Å². The number of fused-ring (bicyclic) bond motifs is 1. The Hall–Kier alpha value is -3.81. The summed E-state index contributed by atoms with van der Waals surface area (Å²) in [6.45, 7) is 0.896. The normalized spacial score (nSPS) is 14.3. The second-order valence-electron chi connectivity index (χ2n) is 7.72. The third kappa shape index (κ3) is 4.59. The lowest BCUT2D eigenvalue weighted by atomic mass is 9.96. The van der Waals surface area contributed by atoms with Crippen molar-refractivity contribution in [2.24, 2.45) is 11.7 Å². The summed E-state index contributed by atoms with van der Waals surface area (Å²) in [7, 11) is 1.58. The number of amides is 2. The molecule has 1 aliphatic rings. The van der Waals surface area contributed by atoms with E-state index in [1.165, 1.54) is 0 Å². The van der Waals surface area contributed by atoms with E-state index in [9.17, 15) is 14.4 Å². The molecule has 0 saturated carbocycles. The van der Waals surface area contributed by atoms with Gasteiger partial charge < -0.3 is 24.5 Å². The van der Waals surface area contributed by atoms with E-state index < -0.39 is 5.63 Å². The van der Waals surface area contributed by atoms with Crippen LogP contribution < -0.4 is 20.8 Å². The summed E-state index contributed by atoms with van der Waals surface area (Å²) in [5, 5.41) is 0.755. The monoisotopic (exact) mass is 436 g/mol. The molecule has 4 rings (SSSR count). The summed E-state index contributed by atoms with van der Waals surface area (Å²) in [6, 6.07) is 13.9. The highest BCUT2D eigenvalue weighted by atomic mass is 16.5. The summed E-state index contributed by atoms with van der Waals surface area (Å²) < 4.78 is 16.3. The first-order valence-corrected chi connectivity index (χ1v) is 10.4. The number of piperidine rings is 1. The van der Waals surface area contributed by atoms with Crippen LogP contribution in [0, 0.1) is 5.92 Å². The molecular formula is C24H24N2O6.